The Hall–Kier alpha value is -0.418. The van der Waals surface area contributed by atoms with Crippen LogP contribution in [0.3, 0.4) is 0 Å². The quantitative estimate of drug-likeness (QED) is 0.479. The van der Waals surface area contributed by atoms with Crippen molar-refractivity contribution in [3.05, 3.63) is 30.3 Å². The first kappa shape index (κ1) is 18.4. The molecule has 0 atom stereocenters. The maximum atomic E-state index is 10.4. The summed E-state index contributed by atoms with van der Waals surface area (Å²) in [5.74, 6) is 0. The Labute approximate surface area is 86.9 Å². The molecule has 0 fully saturated rings. The molecule has 0 aliphatic heterocycles. The highest BCUT2D eigenvalue weighted by atomic mass is 32.2. The third kappa shape index (κ3) is 5.76. The molecular formula is C6H10AlO5S. The minimum absolute atomic E-state index is 0. The molecular weight excluding hydrogens is 211 g/mol. The topological polar surface area (TPSA) is 117 Å². The van der Waals surface area contributed by atoms with Crippen LogP contribution in [0, 0.1) is 0 Å². The highest BCUT2D eigenvalue weighted by Gasteiger charge is 2.05. The zero-order valence-corrected chi connectivity index (χ0v) is 8.61. The molecule has 0 amide bonds. The summed E-state index contributed by atoms with van der Waals surface area (Å²) in [5, 5.41) is 0. The molecule has 5 N–H and O–H groups in total. The smallest absolute Gasteiger partial charge is 0.294 e. The summed E-state index contributed by atoms with van der Waals surface area (Å²) in [6.07, 6.45) is 0. The molecule has 0 aromatic heterocycles. The van der Waals surface area contributed by atoms with Gasteiger partial charge >= 0.3 is 0 Å². The van der Waals surface area contributed by atoms with E-state index in [4.69, 9.17) is 4.55 Å². The van der Waals surface area contributed by atoms with Crippen molar-refractivity contribution in [3.63, 3.8) is 0 Å². The van der Waals surface area contributed by atoms with E-state index in [1.807, 2.05) is 0 Å². The van der Waals surface area contributed by atoms with Crippen LogP contribution in [-0.4, -0.2) is 41.3 Å². The number of rotatable bonds is 1. The summed E-state index contributed by atoms with van der Waals surface area (Å²) in [7, 11) is -4.00. The van der Waals surface area contributed by atoms with E-state index in [9.17, 15) is 8.42 Å². The van der Waals surface area contributed by atoms with E-state index in [1.165, 1.54) is 12.1 Å². The van der Waals surface area contributed by atoms with Gasteiger partial charge in [0.2, 0.25) is 0 Å². The first-order valence-electron chi connectivity index (χ1n) is 2.63. The number of hydrogen-bond acceptors (Lipinski definition) is 2. The van der Waals surface area contributed by atoms with E-state index < -0.39 is 10.1 Å². The SMILES string of the molecule is O.O.O=S(=O)(O)c1ccccc1.[Al]. The van der Waals surface area contributed by atoms with Crippen molar-refractivity contribution in [1.82, 2.24) is 0 Å². The van der Waals surface area contributed by atoms with E-state index in [0.717, 1.165) is 0 Å². The predicted molar refractivity (Wildman–Crippen MR) is 49.2 cm³/mol. The van der Waals surface area contributed by atoms with E-state index >= 15 is 0 Å². The fourth-order valence-corrected chi connectivity index (χ4v) is 1.09. The molecule has 0 aliphatic carbocycles. The normalized spacial score (nSPS) is 8.69. The molecule has 0 unspecified atom stereocenters. The van der Waals surface area contributed by atoms with Gasteiger partial charge in [0.15, 0.2) is 0 Å². The third-order valence-corrected chi connectivity index (χ3v) is 1.91. The molecule has 1 aromatic rings. The average molecular weight is 221 g/mol. The van der Waals surface area contributed by atoms with E-state index in [0.29, 0.717) is 0 Å². The molecule has 0 saturated carbocycles. The second kappa shape index (κ2) is 7.03. The minimum Gasteiger partial charge on any atom is -0.412 e. The molecule has 0 saturated heterocycles. The Morgan fingerprint density at radius 2 is 1.38 bits per heavy atom. The van der Waals surface area contributed by atoms with Gasteiger partial charge in [0.25, 0.3) is 10.1 Å². The number of hydrogen-bond donors (Lipinski definition) is 1. The summed E-state index contributed by atoms with van der Waals surface area (Å²) in [5.41, 5.74) is 0. The van der Waals surface area contributed by atoms with Crippen molar-refractivity contribution in [2.24, 2.45) is 0 Å². The van der Waals surface area contributed by atoms with Crippen molar-refractivity contribution in [1.29, 1.82) is 0 Å². The lowest BCUT2D eigenvalue weighted by Gasteiger charge is -1.92. The van der Waals surface area contributed by atoms with E-state index in [1.54, 1.807) is 18.2 Å². The van der Waals surface area contributed by atoms with Crippen molar-refractivity contribution in [2.45, 2.75) is 4.90 Å². The van der Waals surface area contributed by atoms with Crippen LogP contribution in [0.1, 0.15) is 0 Å². The molecule has 3 radical (unpaired) electrons. The molecule has 0 heterocycles. The van der Waals surface area contributed by atoms with Crippen LogP contribution >= 0.6 is 0 Å². The van der Waals surface area contributed by atoms with Crippen LogP contribution in [-0.2, 0) is 10.1 Å². The molecule has 1 rings (SSSR count). The second-order valence-electron chi connectivity index (χ2n) is 1.79. The lowest BCUT2D eigenvalue weighted by atomic mass is 10.4. The molecule has 0 spiro atoms. The Kier molecular flexibility index (Phi) is 9.94. The highest BCUT2D eigenvalue weighted by Crippen LogP contribution is 2.05. The van der Waals surface area contributed by atoms with Gasteiger partial charge in [0.1, 0.15) is 0 Å². The first-order valence-corrected chi connectivity index (χ1v) is 4.07. The Morgan fingerprint density at radius 3 is 1.62 bits per heavy atom. The van der Waals surface area contributed by atoms with Gasteiger partial charge in [-0.3, -0.25) is 4.55 Å². The van der Waals surface area contributed by atoms with Crippen LogP contribution in [0.2, 0.25) is 0 Å². The molecule has 73 valence electrons. The van der Waals surface area contributed by atoms with Crippen LogP contribution in [0.25, 0.3) is 0 Å². The van der Waals surface area contributed by atoms with Gasteiger partial charge in [-0.2, -0.15) is 8.42 Å². The largest absolute Gasteiger partial charge is 0.412 e. The molecule has 7 heteroatoms. The number of benzene rings is 1. The fourth-order valence-electron chi connectivity index (χ4n) is 0.592. The van der Waals surface area contributed by atoms with Gasteiger partial charge in [-0.15, -0.1) is 0 Å². The van der Waals surface area contributed by atoms with Crippen molar-refractivity contribution in [3.8, 4) is 0 Å². The summed E-state index contributed by atoms with van der Waals surface area (Å²) >= 11 is 0. The van der Waals surface area contributed by atoms with Gasteiger partial charge in [0.05, 0.1) is 4.90 Å². The molecule has 5 nitrogen and oxygen atoms in total. The van der Waals surface area contributed by atoms with Crippen LogP contribution in [0.4, 0.5) is 0 Å². The van der Waals surface area contributed by atoms with Crippen LogP contribution in [0.5, 0.6) is 0 Å². The maximum Gasteiger partial charge on any atom is 0.294 e. The average Bonchev–Trinajstić information content (AvgIpc) is 1.88. The van der Waals surface area contributed by atoms with Crippen molar-refractivity contribution in [2.75, 3.05) is 0 Å². The Morgan fingerprint density at radius 1 is 1.00 bits per heavy atom. The molecule has 13 heavy (non-hydrogen) atoms. The first-order chi connectivity index (χ1) is 4.61. The maximum absolute atomic E-state index is 10.4. The van der Waals surface area contributed by atoms with Crippen molar-refractivity contribution >= 4 is 27.5 Å². The zero-order valence-electron chi connectivity index (χ0n) is 6.64. The van der Waals surface area contributed by atoms with Crippen LogP contribution < -0.4 is 0 Å². The standard InChI is InChI=1S/C6H6O3S.Al.2H2O/c7-10(8,9)6-4-2-1-3-5-6;;;/h1-5H,(H,7,8,9);;2*1H2. The van der Waals surface area contributed by atoms with Gasteiger partial charge in [-0.1, -0.05) is 18.2 Å². The third-order valence-electron chi connectivity index (χ3n) is 1.04. The summed E-state index contributed by atoms with van der Waals surface area (Å²) in [4.78, 5) is -0.0741. The minimum atomic E-state index is -4.00. The van der Waals surface area contributed by atoms with Gasteiger partial charge in [-0.25, -0.2) is 0 Å². The summed E-state index contributed by atoms with van der Waals surface area (Å²) < 4.78 is 29.2. The monoisotopic (exact) mass is 221 g/mol. The van der Waals surface area contributed by atoms with Gasteiger partial charge in [-0.05, 0) is 12.1 Å². The molecule has 0 bridgehead atoms. The second-order valence-corrected chi connectivity index (χ2v) is 3.21. The fraction of sp³-hybridized carbons (Fsp3) is 0. The van der Waals surface area contributed by atoms with E-state index in [-0.39, 0.29) is 33.2 Å². The van der Waals surface area contributed by atoms with E-state index in [2.05, 4.69) is 0 Å². The lowest BCUT2D eigenvalue weighted by Crippen LogP contribution is -1.96. The Balaban J connectivity index is -0.000000333. The molecule has 0 aliphatic rings. The summed E-state index contributed by atoms with van der Waals surface area (Å²) in [6, 6.07) is 7.42. The summed E-state index contributed by atoms with van der Waals surface area (Å²) in [6.45, 7) is 0. The highest BCUT2D eigenvalue weighted by molar-refractivity contribution is 7.85. The zero-order chi connectivity index (χ0) is 7.61. The predicted octanol–water partition coefficient (Wildman–Crippen LogP) is -1.10. The van der Waals surface area contributed by atoms with Gasteiger partial charge < -0.3 is 11.0 Å². The van der Waals surface area contributed by atoms with Crippen LogP contribution in [0.15, 0.2) is 35.2 Å². The molecule has 1 aromatic carbocycles. The lowest BCUT2D eigenvalue weighted by molar-refractivity contribution is 0.483. The van der Waals surface area contributed by atoms with Crippen molar-refractivity contribution < 1.29 is 23.9 Å². The Bertz CT molecular complexity index is 309. The van der Waals surface area contributed by atoms with Gasteiger partial charge in [0, 0.05) is 17.4 Å².